The van der Waals surface area contributed by atoms with Crippen molar-refractivity contribution in [3.8, 4) is 0 Å². The van der Waals surface area contributed by atoms with Crippen LogP contribution in [-0.2, 0) is 14.8 Å². The molecule has 5 nitrogen and oxygen atoms in total. The maximum absolute atomic E-state index is 11.9. The highest BCUT2D eigenvalue weighted by Crippen LogP contribution is 2.29. The normalized spacial score (nSPS) is 20.9. The summed E-state index contributed by atoms with van der Waals surface area (Å²) in [4.78, 5) is 0. The summed E-state index contributed by atoms with van der Waals surface area (Å²) in [6, 6.07) is 0. The molecule has 1 aliphatic rings. The lowest BCUT2D eigenvalue weighted by Crippen LogP contribution is -2.53. The van der Waals surface area contributed by atoms with E-state index in [1.165, 1.54) is 7.11 Å². The predicted octanol–water partition coefficient (Wildman–Crippen LogP) is 0.634. The van der Waals surface area contributed by atoms with E-state index < -0.39 is 15.6 Å². The van der Waals surface area contributed by atoms with Gasteiger partial charge in [-0.05, 0) is 19.8 Å². The summed E-state index contributed by atoms with van der Waals surface area (Å²) < 4.78 is 31.5. The second kappa shape index (κ2) is 6.89. The number of ether oxygens (including phenoxy) is 1. The van der Waals surface area contributed by atoms with Crippen LogP contribution in [0, 0.1) is 0 Å². The molecule has 7 heteroatoms. The molecule has 1 atom stereocenters. The van der Waals surface area contributed by atoms with Gasteiger partial charge in [0.2, 0.25) is 10.0 Å². The van der Waals surface area contributed by atoms with Crippen molar-refractivity contribution < 1.29 is 13.2 Å². The van der Waals surface area contributed by atoms with Crippen LogP contribution in [0.2, 0.25) is 0 Å². The van der Waals surface area contributed by atoms with Crippen LogP contribution in [0.4, 0.5) is 0 Å². The molecule has 104 valence electrons. The second-order valence-electron chi connectivity index (χ2n) is 4.62. The molecule has 3 N–H and O–H groups in total. The van der Waals surface area contributed by atoms with Gasteiger partial charge < -0.3 is 10.5 Å². The van der Waals surface area contributed by atoms with E-state index in [1.54, 1.807) is 6.92 Å². The van der Waals surface area contributed by atoms with Gasteiger partial charge in [-0.25, -0.2) is 13.1 Å². The summed E-state index contributed by atoms with van der Waals surface area (Å²) in [6.45, 7) is 2.11. The largest absolute Gasteiger partial charge is 0.381 e. The van der Waals surface area contributed by atoms with Crippen LogP contribution >= 0.6 is 12.4 Å². The Morgan fingerprint density at radius 2 is 1.94 bits per heavy atom. The van der Waals surface area contributed by atoms with Crippen molar-refractivity contribution in [1.82, 2.24) is 4.72 Å². The van der Waals surface area contributed by atoms with Crippen LogP contribution < -0.4 is 10.5 Å². The third-order valence-corrected chi connectivity index (χ3v) is 4.83. The van der Waals surface area contributed by atoms with Gasteiger partial charge in [-0.15, -0.1) is 12.4 Å². The zero-order chi connectivity index (χ0) is 12.2. The number of hydrogen-bond donors (Lipinski definition) is 2. The third-order valence-electron chi connectivity index (χ3n) is 3.18. The van der Waals surface area contributed by atoms with E-state index in [0.717, 1.165) is 25.7 Å². The minimum atomic E-state index is -3.30. The summed E-state index contributed by atoms with van der Waals surface area (Å²) >= 11 is 0. The molecule has 0 amide bonds. The van der Waals surface area contributed by atoms with E-state index in [-0.39, 0.29) is 24.3 Å². The summed E-state index contributed by atoms with van der Waals surface area (Å²) in [5.41, 5.74) is 5.27. The Morgan fingerprint density at radius 3 is 2.35 bits per heavy atom. The predicted molar refractivity (Wildman–Crippen MR) is 70.9 cm³/mol. The van der Waals surface area contributed by atoms with Crippen LogP contribution in [0.3, 0.4) is 0 Å². The molecule has 0 radical (unpaired) electrons. The maximum Gasteiger partial charge on any atom is 0.214 e. The van der Waals surface area contributed by atoms with E-state index in [2.05, 4.69) is 4.72 Å². The van der Waals surface area contributed by atoms with Gasteiger partial charge in [-0.1, -0.05) is 12.8 Å². The molecular weight excluding hydrogens is 264 g/mol. The van der Waals surface area contributed by atoms with Crippen molar-refractivity contribution in [1.29, 1.82) is 0 Å². The number of halogens is 1. The molecule has 1 saturated carbocycles. The van der Waals surface area contributed by atoms with E-state index in [1.807, 2.05) is 0 Å². The van der Waals surface area contributed by atoms with Crippen molar-refractivity contribution in [2.24, 2.45) is 5.73 Å². The fourth-order valence-corrected chi connectivity index (χ4v) is 3.93. The molecule has 0 saturated heterocycles. The molecule has 0 aromatic rings. The van der Waals surface area contributed by atoms with Gasteiger partial charge in [0.25, 0.3) is 0 Å². The molecular formula is C10H23ClN2O3S. The number of rotatable bonds is 6. The summed E-state index contributed by atoms with van der Waals surface area (Å²) in [6.07, 6.45) is 3.46. The lowest BCUT2D eigenvalue weighted by atomic mass is 10.0. The van der Waals surface area contributed by atoms with Crippen LogP contribution in [0.1, 0.15) is 32.6 Å². The van der Waals surface area contributed by atoms with E-state index >= 15 is 0 Å². The Balaban J connectivity index is 0.00000256. The molecule has 0 aromatic carbocycles. The van der Waals surface area contributed by atoms with Crippen molar-refractivity contribution >= 4 is 22.4 Å². The number of nitrogens with one attached hydrogen (secondary N) is 1. The van der Waals surface area contributed by atoms with Crippen molar-refractivity contribution in [3.05, 3.63) is 0 Å². The average molecular weight is 287 g/mol. The number of hydrogen-bond acceptors (Lipinski definition) is 4. The van der Waals surface area contributed by atoms with Crippen molar-refractivity contribution in [2.45, 2.75) is 44.2 Å². The topological polar surface area (TPSA) is 81.4 Å². The fraction of sp³-hybridized carbons (Fsp3) is 1.00. The van der Waals surface area contributed by atoms with Gasteiger partial charge in [0.1, 0.15) is 0 Å². The van der Waals surface area contributed by atoms with Crippen LogP contribution in [0.5, 0.6) is 0 Å². The molecule has 0 spiro atoms. The first-order valence-electron chi connectivity index (χ1n) is 5.67. The van der Waals surface area contributed by atoms with Gasteiger partial charge in [-0.3, -0.25) is 0 Å². The van der Waals surface area contributed by atoms with Gasteiger partial charge in [-0.2, -0.15) is 0 Å². The van der Waals surface area contributed by atoms with E-state index in [4.69, 9.17) is 10.5 Å². The molecule has 0 aliphatic heterocycles. The molecule has 0 bridgehead atoms. The zero-order valence-electron chi connectivity index (χ0n) is 10.4. The molecule has 0 aromatic heterocycles. The first-order valence-corrected chi connectivity index (χ1v) is 7.33. The van der Waals surface area contributed by atoms with Crippen LogP contribution in [0.25, 0.3) is 0 Å². The molecule has 1 fully saturated rings. The SMILES string of the molecule is COC(C)CS(=O)(=O)NC1(CN)CCCC1.Cl. The number of nitrogens with two attached hydrogens (primary N) is 1. The summed E-state index contributed by atoms with van der Waals surface area (Å²) in [7, 11) is -1.79. The second-order valence-corrected chi connectivity index (χ2v) is 6.39. The summed E-state index contributed by atoms with van der Waals surface area (Å²) in [5, 5.41) is 0. The van der Waals surface area contributed by atoms with Crippen molar-refractivity contribution in [3.63, 3.8) is 0 Å². The molecule has 0 heterocycles. The Labute approximate surface area is 110 Å². The fourth-order valence-electron chi connectivity index (χ4n) is 2.15. The van der Waals surface area contributed by atoms with Gasteiger partial charge in [0.05, 0.1) is 11.9 Å². The standard InChI is InChI=1S/C10H22N2O3S.ClH/c1-9(15-2)7-16(13,14)12-10(8-11)5-3-4-6-10;/h9,12H,3-8,11H2,1-2H3;1H. The Bertz CT molecular complexity index is 316. The Morgan fingerprint density at radius 1 is 1.41 bits per heavy atom. The third kappa shape index (κ3) is 5.09. The molecule has 1 rings (SSSR count). The first kappa shape index (κ1) is 17.1. The molecule has 1 aliphatic carbocycles. The highest BCUT2D eigenvalue weighted by molar-refractivity contribution is 7.89. The summed E-state index contributed by atoms with van der Waals surface area (Å²) in [5.74, 6) is -0.00868. The van der Waals surface area contributed by atoms with Gasteiger partial charge in [0, 0.05) is 19.2 Å². The highest BCUT2D eigenvalue weighted by atomic mass is 35.5. The average Bonchev–Trinajstić information content (AvgIpc) is 2.65. The number of methoxy groups -OCH3 is 1. The van der Waals surface area contributed by atoms with E-state index in [9.17, 15) is 8.42 Å². The zero-order valence-corrected chi connectivity index (χ0v) is 12.1. The van der Waals surface area contributed by atoms with Crippen molar-refractivity contribution in [2.75, 3.05) is 19.4 Å². The smallest absolute Gasteiger partial charge is 0.214 e. The minimum absolute atomic E-state index is 0. The van der Waals surface area contributed by atoms with Crippen LogP contribution in [0.15, 0.2) is 0 Å². The maximum atomic E-state index is 11.9. The quantitative estimate of drug-likeness (QED) is 0.751. The van der Waals surface area contributed by atoms with Gasteiger partial charge in [0.15, 0.2) is 0 Å². The monoisotopic (exact) mass is 286 g/mol. The highest BCUT2D eigenvalue weighted by Gasteiger charge is 2.36. The Hall–Kier alpha value is 0.120. The lowest BCUT2D eigenvalue weighted by molar-refractivity contribution is 0.135. The first-order chi connectivity index (χ1) is 7.43. The lowest BCUT2D eigenvalue weighted by Gasteiger charge is -2.28. The van der Waals surface area contributed by atoms with Gasteiger partial charge >= 0.3 is 0 Å². The number of sulfonamides is 1. The van der Waals surface area contributed by atoms with E-state index in [0.29, 0.717) is 6.54 Å². The van der Waals surface area contributed by atoms with Crippen LogP contribution in [-0.4, -0.2) is 39.5 Å². The Kier molecular flexibility index (Phi) is 6.94. The molecule has 1 unspecified atom stereocenters. The minimum Gasteiger partial charge on any atom is -0.381 e. The molecule has 17 heavy (non-hydrogen) atoms.